The highest BCUT2D eigenvalue weighted by Crippen LogP contribution is 2.61. The molecular formula is C65H77BN2. The zero-order valence-corrected chi connectivity index (χ0v) is 44.9. The second kappa shape index (κ2) is 13.9. The van der Waals surface area contributed by atoms with Gasteiger partial charge in [0.2, 0.25) is 0 Å². The number of rotatable bonds is 1. The number of benzene rings is 6. The first kappa shape index (κ1) is 45.4. The summed E-state index contributed by atoms with van der Waals surface area (Å²) in [6, 6.07) is 42.7. The SMILES string of the molecule is CC(C)(C)c1cccc(N2c3cc(C(C)(C)C)ccc3B3c4cc5c6cc4N(c4ccc(C(C)(C)C)cc4-c4ccc7c(c4)C(C)(C)CC7(C)CC6(C)CC5(C)C)c4cc(C(C)(C)C)cc2c43)c1. The van der Waals surface area contributed by atoms with E-state index in [0.717, 1.165) is 19.3 Å². The summed E-state index contributed by atoms with van der Waals surface area (Å²) < 4.78 is 0. The summed E-state index contributed by atoms with van der Waals surface area (Å²) in [7, 11) is 0. The van der Waals surface area contributed by atoms with Gasteiger partial charge in [-0.1, -0.05) is 179 Å². The van der Waals surface area contributed by atoms with Crippen LogP contribution in [0.3, 0.4) is 0 Å². The minimum atomic E-state index is -0.116. The van der Waals surface area contributed by atoms with Crippen molar-refractivity contribution in [2.45, 2.75) is 187 Å². The molecule has 4 heterocycles. The van der Waals surface area contributed by atoms with Crippen LogP contribution in [-0.2, 0) is 43.3 Å². The Balaban J connectivity index is 1.32. The molecule has 3 heteroatoms. The monoisotopic (exact) mass is 897 g/mol. The second-order valence-electron chi connectivity index (χ2n) is 28.2. The summed E-state index contributed by atoms with van der Waals surface area (Å²) in [5.41, 5.74) is 26.1. The van der Waals surface area contributed by atoms with Crippen molar-refractivity contribution >= 4 is 57.2 Å². The van der Waals surface area contributed by atoms with Crippen molar-refractivity contribution in [3.8, 4) is 11.1 Å². The molecule has 2 aliphatic carbocycles. The maximum absolute atomic E-state index is 2.76. The zero-order chi connectivity index (χ0) is 48.8. The smallest absolute Gasteiger partial charge is 0.252 e. The normalized spacial score (nSPS) is 21.8. The molecule has 0 N–H and O–H groups in total. The van der Waals surface area contributed by atoms with Crippen LogP contribution >= 0.6 is 0 Å². The Bertz CT molecular complexity index is 3130. The molecule has 0 amide bonds. The van der Waals surface area contributed by atoms with E-state index in [-0.39, 0.29) is 50.0 Å². The van der Waals surface area contributed by atoms with E-state index in [0.29, 0.717) is 0 Å². The van der Waals surface area contributed by atoms with Crippen LogP contribution in [0.1, 0.15) is 188 Å². The van der Waals surface area contributed by atoms with Gasteiger partial charge in [0.25, 0.3) is 6.71 Å². The van der Waals surface area contributed by atoms with Crippen molar-refractivity contribution in [3.63, 3.8) is 0 Å². The molecule has 2 unspecified atom stereocenters. The first-order valence-electron chi connectivity index (χ1n) is 25.9. The number of hydrogen-bond donors (Lipinski definition) is 0. The average molecular weight is 897 g/mol. The van der Waals surface area contributed by atoms with E-state index in [4.69, 9.17) is 0 Å². The molecule has 0 aromatic heterocycles. The van der Waals surface area contributed by atoms with Crippen molar-refractivity contribution < 1.29 is 0 Å². The van der Waals surface area contributed by atoms with Crippen molar-refractivity contribution in [1.82, 2.24) is 0 Å². The molecule has 0 spiro atoms. The fourth-order valence-corrected chi connectivity index (χ4v) is 14.4. The fourth-order valence-electron chi connectivity index (χ4n) is 14.4. The van der Waals surface area contributed by atoms with Gasteiger partial charge in [0, 0.05) is 34.0 Å². The largest absolute Gasteiger partial charge is 0.311 e. The van der Waals surface area contributed by atoms with E-state index in [1.807, 2.05) is 0 Å². The Hall–Kier alpha value is -5.02. The molecule has 350 valence electrons. The van der Waals surface area contributed by atoms with E-state index in [2.05, 4.69) is 238 Å². The van der Waals surface area contributed by atoms with Crippen LogP contribution in [0.2, 0.25) is 0 Å². The molecule has 0 fully saturated rings. The minimum Gasteiger partial charge on any atom is -0.311 e. The molecule has 6 aliphatic rings. The predicted molar refractivity (Wildman–Crippen MR) is 295 cm³/mol. The van der Waals surface area contributed by atoms with Gasteiger partial charge in [-0.2, -0.15) is 0 Å². The van der Waals surface area contributed by atoms with Gasteiger partial charge in [-0.3, -0.25) is 0 Å². The Labute approximate surface area is 411 Å². The summed E-state index contributed by atoms with van der Waals surface area (Å²) in [4.78, 5) is 5.42. The van der Waals surface area contributed by atoms with E-state index in [1.54, 1.807) is 11.1 Å². The zero-order valence-electron chi connectivity index (χ0n) is 44.9. The van der Waals surface area contributed by atoms with Crippen LogP contribution in [0.4, 0.5) is 34.1 Å². The first-order chi connectivity index (χ1) is 31.4. The van der Waals surface area contributed by atoms with Gasteiger partial charge in [-0.15, -0.1) is 0 Å². The third-order valence-corrected chi connectivity index (χ3v) is 17.5. The van der Waals surface area contributed by atoms with E-state index < -0.39 is 0 Å². The van der Waals surface area contributed by atoms with E-state index in [1.165, 1.54) is 95.0 Å². The standard InChI is InChI=1S/C65H77BN2/c1-58(2,3)40-20-19-21-44(29-40)67-53-31-42(60(7,8)9)23-26-50(53)66-51-34-48-49-35-54(51)68(56-33-43(61(10,11)12)32-55(67)57(56)66)52-27-24-41(59(4,5)6)30-45(52)39-22-25-46-47(28-39)62(13,14)36-64(46,17)38-65(49,18)37-63(48,15)16/h19-35H,36-38H2,1-18H3. The van der Waals surface area contributed by atoms with E-state index >= 15 is 0 Å². The van der Waals surface area contributed by atoms with Crippen LogP contribution < -0.4 is 26.2 Å². The van der Waals surface area contributed by atoms with Crippen molar-refractivity contribution in [2.24, 2.45) is 0 Å². The van der Waals surface area contributed by atoms with Crippen LogP contribution in [0.25, 0.3) is 11.1 Å². The molecule has 12 rings (SSSR count). The van der Waals surface area contributed by atoms with Crippen LogP contribution in [-0.4, -0.2) is 6.71 Å². The third kappa shape index (κ3) is 6.63. The highest BCUT2D eigenvalue weighted by Gasteiger charge is 2.55. The Morgan fingerprint density at radius 1 is 0.397 bits per heavy atom. The molecule has 0 saturated heterocycles. The lowest BCUT2D eigenvalue weighted by molar-refractivity contribution is 0.254. The molecule has 68 heavy (non-hydrogen) atoms. The molecule has 6 aromatic carbocycles. The van der Waals surface area contributed by atoms with Gasteiger partial charge < -0.3 is 9.80 Å². The van der Waals surface area contributed by atoms with E-state index in [9.17, 15) is 0 Å². The summed E-state index contributed by atoms with van der Waals surface area (Å²) in [6.07, 6.45) is 3.42. The minimum absolute atomic E-state index is 0.00318. The summed E-state index contributed by atoms with van der Waals surface area (Å²) in [5, 5.41) is 0. The summed E-state index contributed by atoms with van der Waals surface area (Å²) >= 11 is 0. The summed E-state index contributed by atoms with van der Waals surface area (Å²) in [5.74, 6) is 0. The molecule has 6 aromatic rings. The topological polar surface area (TPSA) is 6.48 Å². The van der Waals surface area contributed by atoms with Crippen molar-refractivity contribution in [3.05, 3.63) is 148 Å². The lowest BCUT2D eigenvalue weighted by atomic mass is 9.33. The fraction of sp³-hybridized carbons (Fsp3) is 0.446. The molecule has 0 saturated carbocycles. The lowest BCUT2D eigenvalue weighted by Crippen LogP contribution is -2.61. The van der Waals surface area contributed by atoms with Gasteiger partial charge in [0.15, 0.2) is 0 Å². The second-order valence-corrected chi connectivity index (χ2v) is 28.2. The van der Waals surface area contributed by atoms with Crippen LogP contribution in [0.15, 0.2) is 103 Å². The molecule has 6 bridgehead atoms. The Morgan fingerprint density at radius 2 is 0.926 bits per heavy atom. The van der Waals surface area contributed by atoms with Crippen molar-refractivity contribution in [2.75, 3.05) is 9.80 Å². The third-order valence-electron chi connectivity index (χ3n) is 17.5. The van der Waals surface area contributed by atoms with Crippen LogP contribution in [0.5, 0.6) is 0 Å². The highest BCUT2D eigenvalue weighted by molar-refractivity contribution is 7.00. The number of nitrogens with zero attached hydrogens (tertiary/aromatic N) is 2. The molecule has 4 aliphatic heterocycles. The van der Waals surface area contributed by atoms with Gasteiger partial charge in [-0.05, 0) is 178 Å². The quantitative estimate of drug-likeness (QED) is 0.152. The van der Waals surface area contributed by atoms with Crippen molar-refractivity contribution in [1.29, 1.82) is 0 Å². The maximum Gasteiger partial charge on any atom is 0.252 e. The van der Waals surface area contributed by atoms with Gasteiger partial charge in [-0.25, -0.2) is 0 Å². The first-order valence-corrected chi connectivity index (χ1v) is 25.9. The predicted octanol–water partition coefficient (Wildman–Crippen LogP) is 15.9. The number of fused-ring (bicyclic) bond motifs is 4. The number of anilines is 6. The average Bonchev–Trinajstić information content (AvgIpc) is 3.55. The molecule has 2 nitrogen and oxygen atoms in total. The lowest BCUT2D eigenvalue weighted by Gasteiger charge is -2.46. The summed E-state index contributed by atoms with van der Waals surface area (Å²) in [6.45, 7) is 43.8. The highest BCUT2D eigenvalue weighted by atomic mass is 15.2. The molecular weight excluding hydrogens is 820 g/mol. The van der Waals surface area contributed by atoms with Crippen LogP contribution in [0, 0.1) is 0 Å². The van der Waals surface area contributed by atoms with Gasteiger partial charge in [0.1, 0.15) is 0 Å². The number of hydrogen-bond acceptors (Lipinski definition) is 2. The van der Waals surface area contributed by atoms with Gasteiger partial charge >= 0.3 is 0 Å². The molecule has 2 atom stereocenters. The van der Waals surface area contributed by atoms with Gasteiger partial charge in [0.05, 0.1) is 5.69 Å². The molecule has 0 radical (unpaired) electrons. The Morgan fingerprint density at radius 3 is 1.56 bits per heavy atom. The Kier molecular flexibility index (Phi) is 9.26. The maximum atomic E-state index is 2.76.